The molecule has 1 fully saturated rings. The Labute approximate surface area is 193 Å². The van der Waals surface area contributed by atoms with Crippen molar-refractivity contribution >= 4 is 29.1 Å². The number of hydrogen-bond acceptors (Lipinski definition) is 7. The van der Waals surface area contributed by atoms with Crippen molar-refractivity contribution in [3.63, 3.8) is 0 Å². The summed E-state index contributed by atoms with van der Waals surface area (Å²) < 4.78 is 21.2. The molecule has 2 aromatic rings. The van der Waals surface area contributed by atoms with Crippen molar-refractivity contribution in [2.24, 2.45) is 0 Å². The number of benzene rings is 2. The van der Waals surface area contributed by atoms with Crippen LogP contribution in [0.3, 0.4) is 0 Å². The molecule has 0 aromatic heterocycles. The van der Waals surface area contributed by atoms with Gasteiger partial charge >= 0.3 is 6.09 Å². The maximum absolute atomic E-state index is 12.2. The van der Waals surface area contributed by atoms with E-state index in [1.165, 1.54) is 21.3 Å². The third-order valence-corrected chi connectivity index (χ3v) is 5.65. The molecule has 0 atom stereocenters. The minimum Gasteiger partial charge on any atom is -0.493 e. The Bertz CT molecular complexity index is 878. The summed E-state index contributed by atoms with van der Waals surface area (Å²) in [5.41, 5.74) is 1.58. The summed E-state index contributed by atoms with van der Waals surface area (Å²) >= 11 is 6.30. The van der Waals surface area contributed by atoms with Crippen LogP contribution in [0, 0.1) is 0 Å². The van der Waals surface area contributed by atoms with E-state index in [4.69, 9.17) is 30.5 Å². The lowest BCUT2D eigenvalue weighted by Crippen LogP contribution is -2.46. The van der Waals surface area contributed by atoms with E-state index < -0.39 is 6.09 Å². The normalized spacial score (nSPS) is 14.1. The van der Waals surface area contributed by atoms with E-state index in [0.29, 0.717) is 29.5 Å². The van der Waals surface area contributed by atoms with Gasteiger partial charge in [0, 0.05) is 44.9 Å². The molecule has 0 saturated carbocycles. The van der Waals surface area contributed by atoms with Crippen molar-refractivity contribution in [2.75, 3.05) is 70.9 Å². The number of nitrogens with zero attached hydrogens (tertiary/aromatic N) is 2. The van der Waals surface area contributed by atoms with E-state index in [-0.39, 0.29) is 0 Å². The summed E-state index contributed by atoms with van der Waals surface area (Å²) in [7, 11) is 4.57. The fraction of sp³-hybridized carbons (Fsp3) is 0.435. The van der Waals surface area contributed by atoms with E-state index >= 15 is 0 Å². The molecule has 1 amide bonds. The second-order valence-electron chi connectivity index (χ2n) is 7.31. The summed E-state index contributed by atoms with van der Waals surface area (Å²) in [5.74, 6) is 1.37. The molecule has 8 nitrogen and oxygen atoms in total. The van der Waals surface area contributed by atoms with Crippen molar-refractivity contribution < 1.29 is 23.7 Å². The average molecular weight is 464 g/mol. The van der Waals surface area contributed by atoms with E-state index in [9.17, 15) is 4.79 Å². The molecule has 1 heterocycles. The van der Waals surface area contributed by atoms with Crippen molar-refractivity contribution in [1.82, 2.24) is 4.90 Å². The molecule has 0 radical (unpaired) electrons. The van der Waals surface area contributed by atoms with Gasteiger partial charge in [-0.1, -0.05) is 23.7 Å². The van der Waals surface area contributed by atoms with Crippen LogP contribution in [-0.4, -0.2) is 71.7 Å². The molecule has 0 unspecified atom stereocenters. The largest absolute Gasteiger partial charge is 0.493 e. The van der Waals surface area contributed by atoms with Gasteiger partial charge in [-0.15, -0.1) is 0 Å². The van der Waals surface area contributed by atoms with Crippen LogP contribution in [0.15, 0.2) is 36.4 Å². The molecular formula is C23H30ClN3O5. The summed E-state index contributed by atoms with van der Waals surface area (Å²) in [6, 6.07) is 11.2. The first-order valence-electron chi connectivity index (χ1n) is 10.5. The van der Waals surface area contributed by atoms with Crippen LogP contribution in [0.5, 0.6) is 17.2 Å². The van der Waals surface area contributed by atoms with Gasteiger partial charge in [-0.3, -0.25) is 10.2 Å². The fourth-order valence-corrected chi connectivity index (χ4v) is 3.94. The van der Waals surface area contributed by atoms with Gasteiger partial charge in [0.15, 0.2) is 11.5 Å². The number of rotatable bonds is 9. The number of amides is 1. The molecular weight excluding hydrogens is 434 g/mol. The summed E-state index contributed by atoms with van der Waals surface area (Å²) in [5, 5.41) is 3.49. The fourth-order valence-electron chi connectivity index (χ4n) is 3.68. The zero-order valence-corrected chi connectivity index (χ0v) is 19.5. The Hall–Kier alpha value is -2.84. The number of hydrogen-bond donors (Lipinski definition) is 1. The van der Waals surface area contributed by atoms with Crippen molar-refractivity contribution in [3.05, 3.63) is 41.4 Å². The van der Waals surface area contributed by atoms with Crippen LogP contribution in [0.1, 0.15) is 6.42 Å². The molecule has 1 aliphatic heterocycles. The first-order valence-corrected chi connectivity index (χ1v) is 10.9. The van der Waals surface area contributed by atoms with Crippen LogP contribution in [-0.2, 0) is 4.74 Å². The van der Waals surface area contributed by atoms with Crippen LogP contribution in [0.4, 0.5) is 16.2 Å². The molecule has 32 heavy (non-hydrogen) atoms. The minimum absolute atomic E-state index is 0.334. The van der Waals surface area contributed by atoms with Gasteiger partial charge < -0.3 is 23.8 Å². The quantitative estimate of drug-likeness (QED) is 0.560. The van der Waals surface area contributed by atoms with E-state index in [2.05, 4.69) is 21.2 Å². The molecule has 2 aromatic carbocycles. The number of carbonyl (C=O) groups excluding carboxylic acids is 1. The molecule has 1 aliphatic rings. The highest BCUT2D eigenvalue weighted by Crippen LogP contribution is 2.39. The molecule has 9 heteroatoms. The number of ether oxygens (including phenoxy) is 4. The average Bonchev–Trinajstić information content (AvgIpc) is 2.82. The van der Waals surface area contributed by atoms with Gasteiger partial charge in [-0.2, -0.15) is 0 Å². The summed E-state index contributed by atoms with van der Waals surface area (Å²) in [4.78, 5) is 16.8. The Balaban J connectivity index is 1.39. The van der Waals surface area contributed by atoms with Gasteiger partial charge in [0.05, 0.1) is 44.3 Å². The zero-order chi connectivity index (χ0) is 22.9. The van der Waals surface area contributed by atoms with Gasteiger partial charge in [-0.25, -0.2) is 4.79 Å². The number of para-hydroxylation sites is 1. The molecule has 1 saturated heterocycles. The van der Waals surface area contributed by atoms with Crippen LogP contribution < -0.4 is 24.4 Å². The van der Waals surface area contributed by atoms with Gasteiger partial charge in [-0.05, 0) is 18.6 Å². The molecule has 0 spiro atoms. The summed E-state index contributed by atoms with van der Waals surface area (Å²) in [6.07, 6.45) is 0.234. The topological polar surface area (TPSA) is 72.5 Å². The standard InChI is InChI=1S/C23H30ClN3O5/c1-29-20-15-17(16-21(30-2)22(20)31-3)25-23(28)32-14-6-9-26-10-12-27(13-11-26)19-8-5-4-7-18(19)24/h4-5,7-8,15-16H,6,9-14H2,1-3H3,(H,25,28). The Kier molecular flexibility index (Phi) is 8.70. The van der Waals surface area contributed by atoms with Crippen LogP contribution in [0.25, 0.3) is 0 Å². The SMILES string of the molecule is COc1cc(NC(=O)OCCCN2CCN(c3ccccc3Cl)CC2)cc(OC)c1OC. The third-order valence-electron chi connectivity index (χ3n) is 5.33. The predicted molar refractivity (Wildman–Crippen MR) is 126 cm³/mol. The monoisotopic (exact) mass is 463 g/mol. The third kappa shape index (κ3) is 6.11. The smallest absolute Gasteiger partial charge is 0.411 e. The lowest BCUT2D eigenvalue weighted by atomic mass is 10.2. The maximum atomic E-state index is 12.2. The molecule has 3 rings (SSSR count). The Morgan fingerprint density at radius 2 is 1.66 bits per heavy atom. The summed E-state index contributed by atoms with van der Waals surface area (Å²) in [6.45, 7) is 4.94. The van der Waals surface area contributed by atoms with Crippen LogP contribution in [0.2, 0.25) is 5.02 Å². The number of anilines is 2. The number of carbonyl (C=O) groups is 1. The van der Waals surface area contributed by atoms with Gasteiger partial charge in [0.1, 0.15) is 0 Å². The van der Waals surface area contributed by atoms with Crippen LogP contribution >= 0.6 is 11.6 Å². The zero-order valence-electron chi connectivity index (χ0n) is 18.7. The van der Waals surface area contributed by atoms with E-state index in [0.717, 1.165) is 49.9 Å². The van der Waals surface area contributed by atoms with Crippen molar-refractivity contribution in [2.45, 2.75) is 6.42 Å². The lowest BCUT2D eigenvalue weighted by Gasteiger charge is -2.36. The highest BCUT2D eigenvalue weighted by molar-refractivity contribution is 6.33. The molecule has 0 bridgehead atoms. The first-order chi connectivity index (χ1) is 15.5. The Morgan fingerprint density at radius 3 is 2.25 bits per heavy atom. The molecule has 1 N–H and O–H groups in total. The second-order valence-corrected chi connectivity index (χ2v) is 7.72. The predicted octanol–water partition coefficient (Wildman–Crippen LogP) is 4.13. The number of methoxy groups -OCH3 is 3. The number of piperazine rings is 1. The minimum atomic E-state index is -0.525. The maximum Gasteiger partial charge on any atom is 0.411 e. The first kappa shape index (κ1) is 23.8. The molecule has 0 aliphatic carbocycles. The molecule has 174 valence electrons. The number of nitrogens with one attached hydrogen (secondary N) is 1. The van der Waals surface area contributed by atoms with Crippen molar-refractivity contribution in [3.8, 4) is 17.2 Å². The second kappa shape index (κ2) is 11.7. The Morgan fingerprint density at radius 1 is 1.00 bits per heavy atom. The highest BCUT2D eigenvalue weighted by Gasteiger charge is 2.19. The number of halogens is 1. The highest BCUT2D eigenvalue weighted by atomic mass is 35.5. The van der Waals surface area contributed by atoms with Gasteiger partial charge in [0.2, 0.25) is 5.75 Å². The van der Waals surface area contributed by atoms with Gasteiger partial charge in [0.25, 0.3) is 0 Å². The van der Waals surface area contributed by atoms with E-state index in [1.54, 1.807) is 12.1 Å². The van der Waals surface area contributed by atoms with E-state index in [1.807, 2.05) is 18.2 Å². The lowest BCUT2D eigenvalue weighted by molar-refractivity contribution is 0.151. The van der Waals surface area contributed by atoms with Crippen molar-refractivity contribution in [1.29, 1.82) is 0 Å².